The van der Waals surface area contributed by atoms with Crippen LogP contribution < -0.4 is 0 Å². The molecule has 0 aliphatic heterocycles. The third-order valence-corrected chi connectivity index (χ3v) is 1.96. The van der Waals surface area contributed by atoms with E-state index in [0.29, 0.717) is 0 Å². The fourth-order valence-electron chi connectivity index (χ4n) is 1.21. The lowest BCUT2D eigenvalue weighted by molar-refractivity contribution is 2.04. The molecular formula is C2H14B8. The Morgan fingerprint density at radius 2 is 1.80 bits per heavy atom. The van der Waals surface area contributed by atoms with Crippen molar-refractivity contribution in [2.45, 2.75) is 12.4 Å². The second-order valence-electron chi connectivity index (χ2n) is 3.12. The van der Waals surface area contributed by atoms with Crippen molar-refractivity contribution < 1.29 is 0 Å². The largest absolute Gasteiger partial charge is 0.114 e. The van der Waals surface area contributed by atoms with Crippen LogP contribution in [0.4, 0.5) is 0 Å². The van der Waals surface area contributed by atoms with Gasteiger partial charge in [-0.25, -0.2) is 0 Å². The molecule has 0 radical (unpaired) electrons. The van der Waals surface area contributed by atoms with Crippen molar-refractivity contribution in [1.29, 1.82) is 0 Å². The molecule has 0 spiro atoms. The summed E-state index contributed by atoms with van der Waals surface area (Å²) in [6, 6.07) is 0. The van der Waals surface area contributed by atoms with E-state index in [9.17, 15) is 0 Å². The quantitative estimate of drug-likeness (QED) is 0.236. The van der Waals surface area contributed by atoms with Crippen LogP contribution in [0.3, 0.4) is 0 Å². The maximum Gasteiger partial charge on any atom is 0.0921 e. The van der Waals surface area contributed by atoms with Crippen LogP contribution in [0.15, 0.2) is 0 Å². The van der Waals surface area contributed by atoms with Crippen LogP contribution in [-0.4, -0.2) is 58.3 Å². The molecule has 0 saturated carbocycles. The maximum absolute atomic E-state index is 2.27. The van der Waals surface area contributed by atoms with Gasteiger partial charge in [0.05, 0.1) is 37.1 Å². The third-order valence-electron chi connectivity index (χ3n) is 1.96. The normalized spacial score (nSPS) is 7.60. The standard InChI is InChI=1S/C2H14B8/c3-1-5-6-2-7-9-10-8-4/h5-10H,1-4H2. The summed E-state index contributed by atoms with van der Waals surface area (Å²) in [5, 5.41) is 0. The van der Waals surface area contributed by atoms with Crippen LogP contribution >= 0.6 is 0 Å². The van der Waals surface area contributed by atoms with Crippen LogP contribution in [0.1, 0.15) is 0 Å². The van der Waals surface area contributed by atoms with Crippen molar-refractivity contribution >= 4 is 58.3 Å². The molecule has 10 heavy (non-hydrogen) atoms. The number of hydrogen-bond acceptors (Lipinski definition) is 0. The summed E-state index contributed by atoms with van der Waals surface area (Å²) in [6.07, 6.45) is 2.83. The summed E-state index contributed by atoms with van der Waals surface area (Å²) >= 11 is 0. The van der Waals surface area contributed by atoms with E-state index in [1.165, 1.54) is 55.1 Å². The van der Waals surface area contributed by atoms with E-state index < -0.39 is 0 Å². The minimum absolute atomic E-state index is 1.37. The van der Waals surface area contributed by atoms with Crippen molar-refractivity contribution in [3.63, 3.8) is 0 Å². The Morgan fingerprint density at radius 3 is 2.40 bits per heavy atom. The smallest absolute Gasteiger partial charge is 0.0921 e. The Morgan fingerprint density at radius 1 is 1.00 bits per heavy atom. The van der Waals surface area contributed by atoms with Gasteiger partial charge in [0.15, 0.2) is 0 Å². The van der Waals surface area contributed by atoms with Crippen LogP contribution in [-0.2, 0) is 0 Å². The van der Waals surface area contributed by atoms with Crippen molar-refractivity contribution in [2.75, 3.05) is 0 Å². The molecule has 46 valence electrons. The highest BCUT2D eigenvalue weighted by atomic mass is 13.2. The Hall–Kier alpha value is 0.519. The minimum atomic E-state index is 1.37. The zero-order chi connectivity index (χ0) is 7.66. The highest BCUT2D eigenvalue weighted by Gasteiger charge is 1.95. The first-order valence-electron chi connectivity index (χ1n) is 4.91. The van der Waals surface area contributed by atoms with E-state index in [2.05, 4.69) is 15.6 Å². The van der Waals surface area contributed by atoms with Gasteiger partial charge < -0.3 is 0 Å². The lowest BCUT2D eigenvalue weighted by atomic mass is 9.02. The molecule has 0 aromatic rings. The zero-order valence-corrected chi connectivity index (χ0v) is 7.66. The maximum atomic E-state index is 2.27. The molecule has 0 atom stereocenters. The molecule has 0 unspecified atom stereocenters. The molecule has 0 nitrogen and oxygen atoms in total. The van der Waals surface area contributed by atoms with Gasteiger partial charge in [-0.3, -0.25) is 0 Å². The second kappa shape index (κ2) is 9.52. The SMILES string of the molecule is BBBBBCBBCB. The fraction of sp³-hybridized carbons (Fsp3) is 1.00. The van der Waals surface area contributed by atoms with E-state index in [1.807, 2.05) is 0 Å². The first-order chi connectivity index (χ1) is 4.91. The number of hydrogen-bond donors (Lipinski definition) is 0. The molecule has 0 aromatic carbocycles. The molecule has 0 N–H and O–H groups in total. The van der Waals surface area contributed by atoms with Gasteiger partial charge in [0.25, 0.3) is 0 Å². The zero-order valence-electron chi connectivity index (χ0n) is 7.66. The molecule has 0 saturated heterocycles. The fourth-order valence-corrected chi connectivity index (χ4v) is 1.21. The Kier molecular flexibility index (Phi) is 10.0. The summed E-state index contributed by atoms with van der Waals surface area (Å²) in [7, 11) is 13.2. The topological polar surface area (TPSA) is 0 Å². The molecule has 0 aliphatic carbocycles. The molecule has 0 bridgehead atoms. The van der Waals surface area contributed by atoms with Crippen LogP contribution in [0.5, 0.6) is 0 Å². The van der Waals surface area contributed by atoms with Crippen LogP contribution in [0.2, 0.25) is 12.4 Å². The van der Waals surface area contributed by atoms with Gasteiger partial charge >= 0.3 is 0 Å². The van der Waals surface area contributed by atoms with E-state index in [4.69, 9.17) is 0 Å². The summed E-state index contributed by atoms with van der Waals surface area (Å²) in [5.74, 6) is 0. The highest BCUT2D eigenvalue weighted by Crippen LogP contribution is 1.73. The molecule has 8 heteroatoms. The predicted octanol–water partition coefficient (Wildman–Crippen LogP) is -4.80. The molecule has 0 fully saturated rings. The third kappa shape index (κ3) is 8.52. The first-order valence-corrected chi connectivity index (χ1v) is 4.91. The molecule has 0 aromatic heterocycles. The number of rotatable bonds is 7. The van der Waals surface area contributed by atoms with E-state index >= 15 is 0 Å². The van der Waals surface area contributed by atoms with Gasteiger partial charge in [0.1, 0.15) is 0 Å². The lowest BCUT2D eigenvalue weighted by Crippen LogP contribution is -2.21. The van der Waals surface area contributed by atoms with Gasteiger partial charge in [-0.05, 0) is 0 Å². The summed E-state index contributed by atoms with van der Waals surface area (Å²) in [4.78, 5) is 0. The van der Waals surface area contributed by atoms with Gasteiger partial charge in [-0.1, -0.05) is 0 Å². The van der Waals surface area contributed by atoms with E-state index in [-0.39, 0.29) is 0 Å². The first kappa shape index (κ1) is 10.5. The molecule has 0 amide bonds. The average Bonchev–Trinajstić information content (AvgIpc) is 1.97. The molecule has 0 aliphatic rings. The Labute approximate surface area is 71.2 Å². The van der Waals surface area contributed by atoms with E-state index in [1.54, 1.807) is 0 Å². The van der Waals surface area contributed by atoms with E-state index in [0.717, 1.165) is 0 Å². The van der Waals surface area contributed by atoms with Crippen molar-refractivity contribution in [3.05, 3.63) is 0 Å². The average molecular weight is 125 g/mol. The van der Waals surface area contributed by atoms with Gasteiger partial charge in [0, 0.05) is 21.2 Å². The van der Waals surface area contributed by atoms with Crippen molar-refractivity contribution in [3.8, 4) is 0 Å². The molecule has 0 rings (SSSR count). The lowest BCUT2D eigenvalue weighted by Gasteiger charge is -1.90. The Bertz CT molecular complexity index is 47.2. The van der Waals surface area contributed by atoms with Gasteiger partial charge in [-0.2, -0.15) is 0 Å². The van der Waals surface area contributed by atoms with Crippen molar-refractivity contribution in [1.82, 2.24) is 0 Å². The summed E-state index contributed by atoms with van der Waals surface area (Å²) in [6.45, 7) is 0. The monoisotopic (exact) mass is 126 g/mol. The molecular weight excluding hydrogens is 111 g/mol. The van der Waals surface area contributed by atoms with Crippen LogP contribution in [0, 0.1) is 0 Å². The van der Waals surface area contributed by atoms with Crippen molar-refractivity contribution in [2.24, 2.45) is 0 Å². The predicted molar refractivity (Wildman–Crippen MR) is 69.6 cm³/mol. The Balaban J connectivity index is 2.65. The van der Waals surface area contributed by atoms with Crippen LogP contribution in [0.25, 0.3) is 0 Å². The second-order valence-corrected chi connectivity index (χ2v) is 3.12. The highest BCUT2D eigenvalue weighted by molar-refractivity contribution is 7.51. The summed E-state index contributed by atoms with van der Waals surface area (Å²) in [5.41, 5.74) is 0. The molecule has 0 heterocycles. The summed E-state index contributed by atoms with van der Waals surface area (Å²) < 4.78 is 0. The van der Waals surface area contributed by atoms with Gasteiger partial charge in [0.2, 0.25) is 0 Å². The minimum Gasteiger partial charge on any atom is -0.114 e. The van der Waals surface area contributed by atoms with Gasteiger partial charge in [-0.15, -0.1) is 12.4 Å².